The van der Waals surface area contributed by atoms with E-state index in [1.165, 1.54) is 6.07 Å². The smallest absolute Gasteiger partial charge is 0.336 e. The molecule has 3 aromatic rings. The predicted molar refractivity (Wildman–Crippen MR) is 123 cm³/mol. The molecule has 2 aliphatic rings. The zero-order chi connectivity index (χ0) is 22.2. The molecule has 0 spiro atoms. The summed E-state index contributed by atoms with van der Waals surface area (Å²) in [5.41, 5.74) is 1.93. The number of ether oxygens (including phenoxy) is 3. The molecule has 0 amide bonds. The number of rotatable bonds is 4. The lowest BCUT2D eigenvalue weighted by molar-refractivity contribution is 0.0206. The third-order valence-corrected chi connectivity index (χ3v) is 6.19. The second kappa shape index (κ2) is 8.79. The van der Waals surface area contributed by atoms with Gasteiger partial charge in [-0.15, -0.1) is 0 Å². The van der Waals surface area contributed by atoms with Crippen LogP contribution in [0.25, 0.3) is 11.0 Å². The molecule has 1 aromatic heterocycles. The maximum absolute atomic E-state index is 11.7. The number of nitrogens with zero attached hydrogens (tertiary/aromatic N) is 1. The summed E-state index contributed by atoms with van der Waals surface area (Å²) < 4.78 is 22.9. The molecule has 0 radical (unpaired) electrons. The van der Waals surface area contributed by atoms with E-state index in [1.54, 1.807) is 12.1 Å². The molecule has 0 saturated carbocycles. The van der Waals surface area contributed by atoms with Gasteiger partial charge in [0.15, 0.2) is 5.75 Å². The van der Waals surface area contributed by atoms with Crippen LogP contribution in [0.15, 0.2) is 57.4 Å². The minimum Gasteiger partial charge on any atom is -0.489 e. The summed E-state index contributed by atoms with van der Waals surface area (Å²) in [4.78, 5) is 14.0. The molecule has 1 fully saturated rings. The fraction of sp³-hybridized carbons (Fsp3) is 0.292. The minimum absolute atomic E-state index is 0.106. The first-order chi connectivity index (χ1) is 15.5. The Hall–Kier alpha value is -2.51. The topological polar surface area (TPSA) is 61.1 Å². The molecule has 2 aromatic carbocycles. The summed E-state index contributed by atoms with van der Waals surface area (Å²) >= 11 is 12.7. The molecule has 1 saturated heterocycles. The summed E-state index contributed by atoms with van der Waals surface area (Å²) in [6.07, 6.45) is 1.90. The molecule has 0 bridgehead atoms. The number of hydrogen-bond acceptors (Lipinski definition) is 6. The summed E-state index contributed by atoms with van der Waals surface area (Å²) in [5.74, 6) is 1.97. The molecule has 6 nitrogen and oxygen atoms in total. The van der Waals surface area contributed by atoms with Crippen molar-refractivity contribution in [2.24, 2.45) is 0 Å². The van der Waals surface area contributed by atoms with Crippen LogP contribution in [0.5, 0.6) is 11.5 Å². The molecule has 0 aliphatic carbocycles. The summed E-state index contributed by atoms with van der Waals surface area (Å²) in [6, 6.07) is 10.4. The SMILES string of the molecule is Cc1cc(=O)oc2cc(OCC=C3Oc4c(Cl)cc(Cl)cc4C3N3CCOCC3)ccc12. The number of hydrogen-bond donors (Lipinski definition) is 0. The zero-order valence-corrected chi connectivity index (χ0v) is 18.9. The highest BCUT2D eigenvalue weighted by atomic mass is 35.5. The Balaban J connectivity index is 1.40. The van der Waals surface area contributed by atoms with Crippen LogP contribution in [-0.4, -0.2) is 37.8 Å². The number of aryl methyl sites for hydroxylation is 1. The van der Waals surface area contributed by atoms with Crippen LogP contribution in [0, 0.1) is 6.92 Å². The van der Waals surface area contributed by atoms with Crippen LogP contribution < -0.4 is 15.1 Å². The minimum atomic E-state index is -0.379. The van der Waals surface area contributed by atoms with Crippen molar-refractivity contribution < 1.29 is 18.6 Å². The van der Waals surface area contributed by atoms with Gasteiger partial charge in [0.25, 0.3) is 0 Å². The highest BCUT2D eigenvalue weighted by Gasteiger charge is 2.36. The van der Waals surface area contributed by atoms with Crippen molar-refractivity contribution in [3.8, 4) is 11.5 Å². The van der Waals surface area contributed by atoms with E-state index in [2.05, 4.69) is 4.90 Å². The molecule has 166 valence electrons. The second-order valence-corrected chi connectivity index (χ2v) is 8.63. The van der Waals surface area contributed by atoms with Gasteiger partial charge in [0, 0.05) is 41.2 Å². The molecule has 32 heavy (non-hydrogen) atoms. The van der Waals surface area contributed by atoms with Gasteiger partial charge in [0.2, 0.25) is 0 Å². The molecule has 1 atom stereocenters. The van der Waals surface area contributed by atoms with Gasteiger partial charge in [0.1, 0.15) is 23.7 Å². The first-order valence-electron chi connectivity index (χ1n) is 10.4. The lowest BCUT2D eigenvalue weighted by Gasteiger charge is -2.32. The van der Waals surface area contributed by atoms with E-state index in [1.807, 2.05) is 31.2 Å². The van der Waals surface area contributed by atoms with Gasteiger partial charge in [-0.1, -0.05) is 23.2 Å². The van der Waals surface area contributed by atoms with Gasteiger partial charge in [0.05, 0.1) is 24.3 Å². The normalized spacial score (nSPS) is 19.8. The van der Waals surface area contributed by atoms with Crippen LogP contribution in [0.3, 0.4) is 0 Å². The van der Waals surface area contributed by atoms with Gasteiger partial charge in [-0.25, -0.2) is 4.79 Å². The molecule has 2 aliphatic heterocycles. The van der Waals surface area contributed by atoms with E-state index in [0.29, 0.717) is 40.3 Å². The molecule has 8 heteroatoms. The second-order valence-electron chi connectivity index (χ2n) is 7.78. The molecular formula is C24H21Cl2NO5. The molecular weight excluding hydrogens is 453 g/mol. The average Bonchev–Trinajstić information content (AvgIpc) is 3.12. The van der Waals surface area contributed by atoms with Crippen molar-refractivity contribution in [2.75, 3.05) is 32.9 Å². The van der Waals surface area contributed by atoms with Gasteiger partial charge in [-0.2, -0.15) is 0 Å². The predicted octanol–water partition coefficient (Wildman–Crippen LogP) is 5.14. The van der Waals surface area contributed by atoms with Crippen molar-refractivity contribution in [1.82, 2.24) is 4.90 Å². The quantitative estimate of drug-likeness (QED) is 0.489. The van der Waals surface area contributed by atoms with Crippen LogP contribution in [0.4, 0.5) is 0 Å². The summed E-state index contributed by atoms with van der Waals surface area (Å²) in [6.45, 7) is 5.02. The lowest BCUT2D eigenvalue weighted by Crippen LogP contribution is -2.39. The highest BCUT2D eigenvalue weighted by Crippen LogP contribution is 2.47. The average molecular weight is 474 g/mol. The third kappa shape index (κ3) is 4.11. The van der Waals surface area contributed by atoms with Gasteiger partial charge in [-0.05, 0) is 42.8 Å². The Kier molecular flexibility index (Phi) is 5.86. The number of fused-ring (bicyclic) bond motifs is 2. The van der Waals surface area contributed by atoms with E-state index in [0.717, 1.165) is 35.4 Å². The van der Waals surface area contributed by atoms with E-state index < -0.39 is 0 Å². The fourth-order valence-electron chi connectivity index (χ4n) is 4.20. The monoisotopic (exact) mass is 473 g/mol. The summed E-state index contributed by atoms with van der Waals surface area (Å²) in [7, 11) is 0. The maximum atomic E-state index is 11.7. The summed E-state index contributed by atoms with van der Waals surface area (Å²) in [5, 5.41) is 1.93. The number of morpholine rings is 1. The van der Waals surface area contributed by atoms with Crippen LogP contribution in [-0.2, 0) is 4.74 Å². The Morgan fingerprint density at radius 2 is 1.97 bits per heavy atom. The van der Waals surface area contributed by atoms with E-state index in [9.17, 15) is 4.79 Å². The Morgan fingerprint density at radius 1 is 1.16 bits per heavy atom. The van der Waals surface area contributed by atoms with E-state index in [4.69, 9.17) is 41.8 Å². The molecule has 3 heterocycles. The van der Waals surface area contributed by atoms with Crippen molar-refractivity contribution in [1.29, 1.82) is 0 Å². The largest absolute Gasteiger partial charge is 0.489 e. The Labute approximate surface area is 194 Å². The lowest BCUT2D eigenvalue weighted by atomic mass is 10.0. The molecule has 1 unspecified atom stereocenters. The zero-order valence-electron chi connectivity index (χ0n) is 17.4. The Bertz CT molecular complexity index is 1260. The van der Waals surface area contributed by atoms with Crippen molar-refractivity contribution in [3.63, 3.8) is 0 Å². The standard InChI is InChI=1S/C24H21Cl2NO5/c1-14-10-22(28)31-21-13-16(2-3-17(14)21)30-7-4-20-23(27-5-8-29-9-6-27)18-11-15(25)12-19(26)24(18)32-20/h2-4,10-13,23H,5-9H2,1H3. The van der Waals surface area contributed by atoms with E-state index in [-0.39, 0.29) is 18.3 Å². The van der Waals surface area contributed by atoms with Crippen molar-refractivity contribution >= 4 is 34.2 Å². The van der Waals surface area contributed by atoms with Crippen LogP contribution in [0.2, 0.25) is 10.0 Å². The molecule has 0 N–H and O–H groups in total. The number of benzene rings is 2. The first kappa shape index (κ1) is 21.3. The van der Waals surface area contributed by atoms with Crippen molar-refractivity contribution in [3.05, 3.63) is 79.8 Å². The fourth-order valence-corrected chi connectivity index (χ4v) is 4.75. The van der Waals surface area contributed by atoms with E-state index >= 15 is 0 Å². The molecule has 5 rings (SSSR count). The Morgan fingerprint density at radius 3 is 2.78 bits per heavy atom. The van der Waals surface area contributed by atoms with Crippen LogP contribution >= 0.6 is 23.2 Å². The van der Waals surface area contributed by atoms with Gasteiger partial charge in [-0.3, -0.25) is 4.90 Å². The number of halogens is 2. The van der Waals surface area contributed by atoms with Gasteiger partial charge >= 0.3 is 5.63 Å². The van der Waals surface area contributed by atoms with Crippen molar-refractivity contribution in [2.45, 2.75) is 13.0 Å². The maximum Gasteiger partial charge on any atom is 0.336 e. The highest BCUT2D eigenvalue weighted by molar-refractivity contribution is 6.35. The van der Waals surface area contributed by atoms with Gasteiger partial charge < -0.3 is 18.6 Å². The third-order valence-electron chi connectivity index (χ3n) is 5.69. The van der Waals surface area contributed by atoms with Crippen LogP contribution in [0.1, 0.15) is 17.2 Å². The first-order valence-corrected chi connectivity index (χ1v) is 11.1.